The number of aromatic amines is 1. The van der Waals surface area contributed by atoms with E-state index in [9.17, 15) is 9.18 Å². The van der Waals surface area contributed by atoms with Gasteiger partial charge in [0.15, 0.2) is 17.3 Å². The molecule has 8 nitrogen and oxygen atoms in total. The topological polar surface area (TPSA) is 109 Å². The smallest absolute Gasteiger partial charge is 0.230 e. The van der Waals surface area contributed by atoms with Gasteiger partial charge in [-0.05, 0) is 23.3 Å². The molecule has 4 rings (SSSR count). The number of fused-ring (bicyclic) bond motifs is 1. The molecule has 0 aliphatic heterocycles. The maximum absolute atomic E-state index is 14.7. The van der Waals surface area contributed by atoms with Crippen LogP contribution in [0, 0.1) is 5.82 Å². The summed E-state index contributed by atoms with van der Waals surface area (Å²) in [5.41, 5.74) is 2.11. The summed E-state index contributed by atoms with van der Waals surface area (Å²) in [5, 5.41) is 17.3. The average molecular weight is 422 g/mol. The molecule has 0 atom stereocenters. The lowest BCUT2D eigenvalue weighted by Gasteiger charge is -2.12. The van der Waals surface area contributed by atoms with Crippen molar-refractivity contribution in [3.63, 3.8) is 0 Å². The van der Waals surface area contributed by atoms with E-state index in [0.717, 1.165) is 10.9 Å². The quantitative estimate of drug-likeness (QED) is 0.443. The number of H-pyrrole nitrogens is 1. The SMILES string of the molecule is CNc1n[nH]c2ncc(-c3ccc(CC(=O)Nc4cc(C(C)(C)C)on4)c(F)c3)cc12. The van der Waals surface area contributed by atoms with E-state index >= 15 is 0 Å². The Balaban J connectivity index is 1.50. The number of hydrogen-bond acceptors (Lipinski definition) is 6. The molecule has 0 spiro atoms. The third-order valence-electron chi connectivity index (χ3n) is 4.91. The van der Waals surface area contributed by atoms with Gasteiger partial charge in [-0.15, -0.1) is 0 Å². The molecule has 0 aliphatic rings. The fourth-order valence-electron chi connectivity index (χ4n) is 3.17. The first-order valence-corrected chi connectivity index (χ1v) is 9.82. The Labute approximate surface area is 178 Å². The van der Waals surface area contributed by atoms with Crippen LogP contribution in [0.15, 0.2) is 41.1 Å². The van der Waals surface area contributed by atoms with Gasteiger partial charge in [-0.2, -0.15) is 5.10 Å². The van der Waals surface area contributed by atoms with E-state index in [1.54, 1.807) is 31.4 Å². The summed E-state index contributed by atoms with van der Waals surface area (Å²) < 4.78 is 20.0. The number of carbonyl (C=O) groups excluding carboxylic acids is 1. The standard InChI is InChI=1S/C22H23FN6O2/c1-22(2,3)17-10-18(29-31-17)26-19(30)9-13-6-5-12(8-16(13)23)14-7-15-20(24-4)27-28-21(15)25-11-14/h5-8,10-11H,9H2,1-4H3,(H,26,29,30)(H2,24,25,27,28). The zero-order valence-electron chi connectivity index (χ0n) is 17.7. The molecule has 0 bridgehead atoms. The number of nitrogens with one attached hydrogen (secondary N) is 3. The van der Waals surface area contributed by atoms with Crippen LogP contribution in [0.4, 0.5) is 16.0 Å². The van der Waals surface area contributed by atoms with Crippen LogP contribution >= 0.6 is 0 Å². The highest BCUT2D eigenvalue weighted by molar-refractivity contribution is 5.92. The summed E-state index contributed by atoms with van der Waals surface area (Å²) in [6.07, 6.45) is 1.53. The van der Waals surface area contributed by atoms with Crippen molar-refractivity contribution in [3.8, 4) is 11.1 Å². The van der Waals surface area contributed by atoms with E-state index in [-0.39, 0.29) is 23.3 Å². The maximum Gasteiger partial charge on any atom is 0.230 e. The Kier molecular flexibility index (Phi) is 5.18. The van der Waals surface area contributed by atoms with E-state index in [1.807, 2.05) is 26.8 Å². The average Bonchev–Trinajstić information content (AvgIpc) is 3.35. The van der Waals surface area contributed by atoms with Crippen LogP contribution in [-0.2, 0) is 16.6 Å². The maximum atomic E-state index is 14.7. The van der Waals surface area contributed by atoms with Crippen molar-refractivity contribution < 1.29 is 13.7 Å². The van der Waals surface area contributed by atoms with Gasteiger partial charge in [-0.25, -0.2) is 9.37 Å². The van der Waals surface area contributed by atoms with Crippen LogP contribution < -0.4 is 10.6 Å². The molecule has 1 amide bonds. The van der Waals surface area contributed by atoms with E-state index in [1.165, 1.54) is 6.07 Å². The highest BCUT2D eigenvalue weighted by Crippen LogP contribution is 2.27. The van der Waals surface area contributed by atoms with Crippen LogP contribution in [0.1, 0.15) is 32.1 Å². The lowest BCUT2D eigenvalue weighted by molar-refractivity contribution is -0.115. The predicted molar refractivity (Wildman–Crippen MR) is 116 cm³/mol. The van der Waals surface area contributed by atoms with Gasteiger partial charge in [0.25, 0.3) is 0 Å². The van der Waals surface area contributed by atoms with Crippen LogP contribution in [0.3, 0.4) is 0 Å². The van der Waals surface area contributed by atoms with Crippen LogP contribution in [-0.4, -0.2) is 33.3 Å². The lowest BCUT2D eigenvalue weighted by atomic mass is 9.93. The second kappa shape index (κ2) is 7.82. The van der Waals surface area contributed by atoms with Gasteiger partial charge in [0, 0.05) is 30.3 Å². The monoisotopic (exact) mass is 422 g/mol. The number of amides is 1. The van der Waals surface area contributed by atoms with Crippen molar-refractivity contribution in [2.75, 3.05) is 17.7 Å². The number of benzene rings is 1. The molecule has 0 radical (unpaired) electrons. The summed E-state index contributed by atoms with van der Waals surface area (Å²) in [4.78, 5) is 16.7. The number of carbonyl (C=O) groups is 1. The minimum atomic E-state index is -0.468. The molecule has 31 heavy (non-hydrogen) atoms. The summed E-state index contributed by atoms with van der Waals surface area (Å²) in [7, 11) is 1.77. The first kappa shape index (κ1) is 20.5. The molecule has 3 N–H and O–H groups in total. The lowest BCUT2D eigenvalue weighted by Crippen LogP contribution is -2.15. The summed E-state index contributed by atoms with van der Waals surface area (Å²) in [6.45, 7) is 5.94. The second-order valence-electron chi connectivity index (χ2n) is 8.30. The van der Waals surface area contributed by atoms with Crippen molar-refractivity contribution in [2.24, 2.45) is 0 Å². The number of pyridine rings is 1. The highest BCUT2D eigenvalue weighted by Gasteiger charge is 2.20. The van der Waals surface area contributed by atoms with Gasteiger partial charge in [-0.1, -0.05) is 38.1 Å². The molecular weight excluding hydrogens is 399 g/mol. The van der Waals surface area contributed by atoms with Crippen LogP contribution in [0.25, 0.3) is 22.2 Å². The van der Waals surface area contributed by atoms with E-state index in [0.29, 0.717) is 28.6 Å². The van der Waals surface area contributed by atoms with Gasteiger partial charge in [0.05, 0.1) is 11.8 Å². The molecule has 9 heteroatoms. The Morgan fingerprint density at radius 2 is 2.00 bits per heavy atom. The highest BCUT2D eigenvalue weighted by atomic mass is 19.1. The Bertz CT molecular complexity index is 1250. The van der Waals surface area contributed by atoms with Gasteiger partial charge >= 0.3 is 0 Å². The number of rotatable bonds is 5. The molecule has 3 aromatic heterocycles. The van der Waals surface area contributed by atoms with Gasteiger partial charge in [0.1, 0.15) is 11.6 Å². The van der Waals surface area contributed by atoms with Crippen molar-refractivity contribution in [1.29, 1.82) is 0 Å². The Morgan fingerprint density at radius 1 is 1.19 bits per heavy atom. The van der Waals surface area contributed by atoms with E-state index in [4.69, 9.17) is 4.52 Å². The Hall–Kier alpha value is -3.75. The zero-order chi connectivity index (χ0) is 22.2. The summed E-state index contributed by atoms with van der Waals surface area (Å²) >= 11 is 0. The van der Waals surface area contributed by atoms with Gasteiger partial charge < -0.3 is 15.2 Å². The van der Waals surface area contributed by atoms with Crippen LogP contribution in [0.5, 0.6) is 0 Å². The molecule has 1 aromatic carbocycles. The molecule has 160 valence electrons. The summed E-state index contributed by atoms with van der Waals surface area (Å²) in [5.74, 6) is 0.792. The third kappa shape index (κ3) is 4.25. The predicted octanol–water partition coefficient (Wildman–Crippen LogP) is 4.27. The molecule has 0 saturated heterocycles. The number of hydrogen-bond donors (Lipinski definition) is 3. The van der Waals surface area contributed by atoms with Gasteiger partial charge in [0.2, 0.25) is 5.91 Å². The minimum Gasteiger partial charge on any atom is -0.371 e. The van der Waals surface area contributed by atoms with Crippen molar-refractivity contribution in [2.45, 2.75) is 32.6 Å². The molecular formula is C22H23FN6O2. The Morgan fingerprint density at radius 3 is 2.68 bits per heavy atom. The number of halogens is 1. The number of aromatic nitrogens is 4. The first-order valence-electron chi connectivity index (χ1n) is 9.82. The number of nitrogens with zero attached hydrogens (tertiary/aromatic N) is 3. The van der Waals surface area contributed by atoms with E-state index < -0.39 is 5.82 Å². The largest absolute Gasteiger partial charge is 0.371 e. The van der Waals surface area contributed by atoms with E-state index in [2.05, 4.69) is 31.0 Å². The third-order valence-corrected chi connectivity index (χ3v) is 4.91. The fraction of sp³-hybridized carbons (Fsp3) is 0.273. The van der Waals surface area contributed by atoms with Crippen LogP contribution in [0.2, 0.25) is 0 Å². The molecule has 0 saturated carbocycles. The normalized spacial score (nSPS) is 11.6. The fourth-order valence-corrected chi connectivity index (χ4v) is 3.17. The molecule has 0 unspecified atom stereocenters. The second-order valence-corrected chi connectivity index (χ2v) is 8.30. The van der Waals surface area contributed by atoms with Gasteiger partial charge in [-0.3, -0.25) is 9.89 Å². The minimum absolute atomic E-state index is 0.118. The number of anilines is 2. The first-order chi connectivity index (χ1) is 14.7. The van der Waals surface area contributed by atoms with Crippen molar-refractivity contribution >= 4 is 28.6 Å². The molecule has 3 heterocycles. The molecule has 0 aliphatic carbocycles. The van der Waals surface area contributed by atoms with Crippen molar-refractivity contribution in [3.05, 3.63) is 53.7 Å². The molecule has 0 fully saturated rings. The van der Waals surface area contributed by atoms with Crippen molar-refractivity contribution in [1.82, 2.24) is 20.3 Å². The zero-order valence-corrected chi connectivity index (χ0v) is 17.7. The summed E-state index contributed by atoms with van der Waals surface area (Å²) in [6, 6.07) is 8.33. The molecule has 4 aromatic rings.